The van der Waals surface area contributed by atoms with Gasteiger partial charge in [0.2, 0.25) is 0 Å². The van der Waals surface area contributed by atoms with Crippen molar-refractivity contribution in [2.24, 2.45) is 0 Å². The van der Waals surface area contributed by atoms with Crippen LogP contribution in [0.25, 0.3) is 0 Å². The lowest BCUT2D eigenvalue weighted by Crippen LogP contribution is -2.47. The van der Waals surface area contributed by atoms with Crippen molar-refractivity contribution in [3.63, 3.8) is 0 Å². The molecule has 4 heteroatoms. The molecule has 0 radical (unpaired) electrons. The van der Waals surface area contributed by atoms with Gasteiger partial charge >= 0.3 is 0 Å². The van der Waals surface area contributed by atoms with Gasteiger partial charge in [-0.3, -0.25) is 0 Å². The average molecular weight is 228 g/mol. The second-order valence-corrected chi connectivity index (χ2v) is 5.04. The molecule has 1 heterocycles. The number of likely N-dealkylation sites (tertiary alicyclic amines) is 1. The van der Waals surface area contributed by atoms with Crippen molar-refractivity contribution in [3.05, 3.63) is 0 Å². The fourth-order valence-electron chi connectivity index (χ4n) is 2.41. The highest BCUT2D eigenvalue weighted by Crippen LogP contribution is 2.18. The number of nitrogens with zero attached hydrogens (tertiary/aromatic N) is 1. The van der Waals surface area contributed by atoms with E-state index in [9.17, 15) is 5.11 Å². The first kappa shape index (κ1) is 11.1. The van der Waals surface area contributed by atoms with Gasteiger partial charge in [-0.25, -0.2) is 0 Å². The predicted molar refractivity (Wildman–Crippen MR) is 64.8 cm³/mol. The van der Waals surface area contributed by atoms with Gasteiger partial charge in [0, 0.05) is 19.1 Å². The first-order valence-electron chi connectivity index (χ1n) is 5.99. The van der Waals surface area contributed by atoms with E-state index < -0.39 is 0 Å². The van der Waals surface area contributed by atoms with E-state index in [0.717, 1.165) is 31.0 Å². The highest BCUT2D eigenvalue weighted by atomic mass is 32.1. The Morgan fingerprint density at radius 1 is 1.13 bits per heavy atom. The number of thiocarbonyl (C=S) groups is 1. The Labute approximate surface area is 96.8 Å². The SMILES string of the molecule is OC1CCN(C(=S)NC2CCCC2)CC1. The molecule has 1 saturated carbocycles. The molecule has 3 nitrogen and oxygen atoms in total. The van der Waals surface area contributed by atoms with Crippen LogP contribution in [-0.4, -0.2) is 40.4 Å². The number of aliphatic hydroxyl groups is 1. The van der Waals surface area contributed by atoms with E-state index in [1.54, 1.807) is 0 Å². The van der Waals surface area contributed by atoms with Crippen LogP contribution in [-0.2, 0) is 0 Å². The largest absolute Gasteiger partial charge is 0.393 e. The molecule has 2 aliphatic rings. The topological polar surface area (TPSA) is 35.5 Å². The van der Waals surface area contributed by atoms with Gasteiger partial charge in [0.25, 0.3) is 0 Å². The minimum absolute atomic E-state index is 0.115. The molecule has 1 saturated heterocycles. The Bertz CT molecular complexity index is 221. The zero-order valence-electron chi connectivity index (χ0n) is 9.11. The van der Waals surface area contributed by atoms with Crippen LogP contribution in [0.15, 0.2) is 0 Å². The summed E-state index contributed by atoms with van der Waals surface area (Å²) >= 11 is 5.38. The summed E-state index contributed by atoms with van der Waals surface area (Å²) in [4.78, 5) is 2.19. The first-order valence-corrected chi connectivity index (χ1v) is 6.40. The highest BCUT2D eigenvalue weighted by Gasteiger charge is 2.22. The van der Waals surface area contributed by atoms with Crippen LogP contribution in [0.1, 0.15) is 38.5 Å². The standard InChI is InChI=1S/C11H20N2OS/c14-10-5-7-13(8-6-10)11(15)12-9-3-1-2-4-9/h9-10,14H,1-8H2,(H,12,15). The first-order chi connectivity index (χ1) is 7.25. The Kier molecular flexibility index (Phi) is 3.81. The third kappa shape index (κ3) is 3.05. The third-order valence-corrected chi connectivity index (χ3v) is 3.81. The fraction of sp³-hybridized carbons (Fsp3) is 0.909. The molecule has 1 aliphatic carbocycles. The van der Waals surface area contributed by atoms with Crippen LogP contribution in [0.4, 0.5) is 0 Å². The van der Waals surface area contributed by atoms with Crippen molar-refractivity contribution in [1.82, 2.24) is 10.2 Å². The Balaban J connectivity index is 1.75. The minimum atomic E-state index is -0.115. The molecular weight excluding hydrogens is 208 g/mol. The lowest BCUT2D eigenvalue weighted by molar-refractivity contribution is 0.108. The zero-order valence-corrected chi connectivity index (χ0v) is 9.93. The Morgan fingerprint density at radius 3 is 2.33 bits per heavy atom. The van der Waals surface area contributed by atoms with E-state index in [4.69, 9.17) is 12.2 Å². The quantitative estimate of drug-likeness (QED) is 0.662. The van der Waals surface area contributed by atoms with Crippen molar-refractivity contribution in [2.45, 2.75) is 50.7 Å². The Morgan fingerprint density at radius 2 is 1.73 bits per heavy atom. The fourth-order valence-corrected chi connectivity index (χ4v) is 2.75. The van der Waals surface area contributed by atoms with E-state index in [1.807, 2.05) is 0 Å². The third-order valence-electron chi connectivity index (χ3n) is 3.43. The molecule has 1 aliphatic heterocycles. The molecule has 0 amide bonds. The molecular formula is C11H20N2OS. The lowest BCUT2D eigenvalue weighted by atomic mass is 10.1. The summed E-state index contributed by atoms with van der Waals surface area (Å²) in [6, 6.07) is 0.601. The van der Waals surface area contributed by atoms with Crippen LogP contribution >= 0.6 is 12.2 Å². The zero-order chi connectivity index (χ0) is 10.7. The molecule has 2 N–H and O–H groups in total. The molecule has 2 rings (SSSR count). The van der Waals surface area contributed by atoms with E-state index >= 15 is 0 Å². The number of rotatable bonds is 1. The van der Waals surface area contributed by atoms with E-state index in [1.165, 1.54) is 25.7 Å². The second kappa shape index (κ2) is 5.12. The molecule has 0 unspecified atom stereocenters. The Hall–Kier alpha value is -0.350. The predicted octanol–water partition coefficient (Wildman–Crippen LogP) is 1.26. The molecule has 2 fully saturated rings. The van der Waals surface area contributed by atoms with Gasteiger partial charge in [-0.15, -0.1) is 0 Å². The van der Waals surface area contributed by atoms with Crippen LogP contribution in [0.5, 0.6) is 0 Å². The van der Waals surface area contributed by atoms with Crippen LogP contribution in [0.3, 0.4) is 0 Å². The molecule has 0 aromatic rings. The van der Waals surface area contributed by atoms with Gasteiger partial charge in [-0.05, 0) is 37.9 Å². The van der Waals surface area contributed by atoms with E-state index in [2.05, 4.69) is 10.2 Å². The van der Waals surface area contributed by atoms with Crippen LogP contribution in [0, 0.1) is 0 Å². The summed E-state index contributed by atoms with van der Waals surface area (Å²) in [5.41, 5.74) is 0. The monoisotopic (exact) mass is 228 g/mol. The summed E-state index contributed by atoms with van der Waals surface area (Å²) in [5.74, 6) is 0. The maximum atomic E-state index is 9.40. The minimum Gasteiger partial charge on any atom is -0.393 e. The summed E-state index contributed by atoms with van der Waals surface area (Å²) < 4.78 is 0. The van der Waals surface area contributed by atoms with Crippen molar-refractivity contribution >= 4 is 17.3 Å². The number of piperidine rings is 1. The van der Waals surface area contributed by atoms with E-state index in [-0.39, 0.29) is 6.10 Å². The smallest absolute Gasteiger partial charge is 0.169 e. The normalized spacial score (nSPS) is 24.5. The average Bonchev–Trinajstić information content (AvgIpc) is 2.71. The van der Waals surface area contributed by atoms with Gasteiger partial charge in [0.05, 0.1) is 6.10 Å². The van der Waals surface area contributed by atoms with Crippen LogP contribution in [0.2, 0.25) is 0 Å². The molecule has 0 bridgehead atoms. The van der Waals surface area contributed by atoms with Crippen molar-refractivity contribution in [2.75, 3.05) is 13.1 Å². The molecule has 0 aromatic heterocycles. The maximum Gasteiger partial charge on any atom is 0.169 e. The lowest BCUT2D eigenvalue weighted by Gasteiger charge is -2.33. The van der Waals surface area contributed by atoms with E-state index in [0.29, 0.717) is 6.04 Å². The number of aliphatic hydroxyl groups excluding tert-OH is 1. The molecule has 0 atom stereocenters. The van der Waals surface area contributed by atoms with Gasteiger partial charge in [-0.1, -0.05) is 12.8 Å². The molecule has 86 valence electrons. The second-order valence-electron chi connectivity index (χ2n) is 4.65. The molecule has 0 spiro atoms. The summed E-state index contributed by atoms with van der Waals surface area (Å²) in [6.45, 7) is 1.81. The molecule has 0 aromatic carbocycles. The summed E-state index contributed by atoms with van der Waals surface area (Å²) in [5, 5.41) is 13.7. The summed E-state index contributed by atoms with van der Waals surface area (Å²) in [7, 11) is 0. The van der Waals surface area contributed by atoms with Gasteiger partial charge in [-0.2, -0.15) is 0 Å². The van der Waals surface area contributed by atoms with Crippen molar-refractivity contribution in [3.8, 4) is 0 Å². The van der Waals surface area contributed by atoms with Crippen molar-refractivity contribution < 1.29 is 5.11 Å². The maximum absolute atomic E-state index is 9.40. The number of hydrogen-bond acceptors (Lipinski definition) is 2. The number of hydrogen-bond donors (Lipinski definition) is 2. The van der Waals surface area contributed by atoms with Crippen LogP contribution < -0.4 is 5.32 Å². The van der Waals surface area contributed by atoms with Gasteiger partial charge in [0.15, 0.2) is 5.11 Å². The highest BCUT2D eigenvalue weighted by molar-refractivity contribution is 7.80. The number of nitrogens with one attached hydrogen (secondary N) is 1. The van der Waals surface area contributed by atoms with Gasteiger partial charge < -0.3 is 15.3 Å². The summed E-state index contributed by atoms with van der Waals surface area (Å²) in [6.07, 6.45) is 6.78. The van der Waals surface area contributed by atoms with Gasteiger partial charge in [0.1, 0.15) is 0 Å². The molecule has 15 heavy (non-hydrogen) atoms. The van der Waals surface area contributed by atoms with Crippen molar-refractivity contribution in [1.29, 1.82) is 0 Å².